The fourth-order valence-corrected chi connectivity index (χ4v) is 13.3. The summed E-state index contributed by atoms with van der Waals surface area (Å²) in [6.45, 7) is 33.7. The largest absolute Gasteiger partial charge is 0.456 e. The quantitative estimate of drug-likeness (QED) is 0.0973. The summed E-state index contributed by atoms with van der Waals surface area (Å²) >= 11 is 0. The molecule has 14 unspecified atom stereocenters. The summed E-state index contributed by atoms with van der Waals surface area (Å²) in [7, 11) is -1.58. The number of aliphatic hydroxyl groups is 2. The third-order valence-electron chi connectivity index (χ3n) is 17.1. The number of rotatable bonds is 9. The Labute approximate surface area is 418 Å². The smallest absolute Gasteiger partial charge is 0.329 e. The van der Waals surface area contributed by atoms with Gasteiger partial charge in [0.25, 0.3) is 11.7 Å². The molecule has 2 N–H and O–H groups in total. The zero-order chi connectivity index (χ0) is 52.2. The molecule has 14 atom stereocenters. The molecule has 3 heterocycles. The number of carbonyl (C=O) groups is 4. The van der Waals surface area contributed by atoms with Crippen molar-refractivity contribution in [3.8, 4) is 0 Å². The Kier molecular flexibility index (Phi) is 20.6. The summed E-state index contributed by atoms with van der Waals surface area (Å²) in [5.74, 6) is -6.99. The van der Waals surface area contributed by atoms with Gasteiger partial charge in [0.1, 0.15) is 24.0 Å². The molecular formula is C54H95NO12Si2. The number of cyclic esters (lactones) is 1. The van der Waals surface area contributed by atoms with Crippen LogP contribution in [0.1, 0.15) is 154 Å². The number of esters is 1. The molecule has 396 valence electrons. The Hall–Kier alpha value is -2.09. The van der Waals surface area contributed by atoms with E-state index < -0.39 is 94.6 Å². The average Bonchev–Trinajstić information content (AvgIpc) is 3.25. The first-order chi connectivity index (χ1) is 31.8. The number of allylic oxidation sites excluding steroid dienone is 3. The lowest BCUT2D eigenvalue weighted by molar-refractivity contribution is -0.302. The van der Waals surface area contributed by atoms with E-state index in [0.29, 0.717) is 44.9 Å². The van der Waals surface area contributed by atoms with Gasteiger partial charge in [-0.25, -0.2) is 4.79 Å². The van der Waals surface area contributed by atoms with Crippen LogP contribution in [0.2, 0.25) is 36.3 Å². The SMILES string of the molecule is CCC1C=C(C)CC(C)CC(OC)C2OC(O)(C(=O)C(=O)N3CCCCC3C(=O)OC(C(C)=CC3CCC(O[Si](C)(C)C(C)(C)C)C(O)C3)C(C)C(O[Si](C)(C)C(C)(C)C)CC1=O)C(C)CC2OC. The van der Waals surface area contributed by atoms with Crippen LogP contribution in [-0.2, 0) is 47.0 Å². The average molecular weight is 1010 g/mol. The number of hydrogen-bond donors (Lipinski definition) is 2. The molecule has 3 aliphatic heterocycles. The van der Waals surface area contributed by atoms with Crippen molar-refractivity contribution in [2.45, 2.75) is 245 Å². The van der Waals surface area contributed by atoms with Gasteiger partial charge in [-0.1, -0.05) is 87.0 Å². The van der Waals surface area contributed by atoms with E-state index in [1.807, 2.05) is 27.7 Å². The van der Waals surface area contributed by atoms with Crippen LogP contribution in [0.3, 0.4) is 0 Å². The predicted octanol–water partition coefficient (Wildman–Crippen LogP) is 9.88. The van der Waals surface area contributed by atoms with E-state index in [9.17, 15) is 29.4 Å². The Morgan fingerprint density at radius 2 is 1.42 bits per heavy atom. The van der Waals surface area contributed by atoms with Crippen LogP contribution < -0.4 is 0 Å². The van der Waals surface area contributed by atoms with Crippen molar-refractivity contribution < 1.29 is 57.2 Å². The number of ketones is 2. The maximum Gasteiger partial charge on any atom is 0.329 e. The molecule has 1 amide bonds. The van der Waals surface area contributed by atoms with Crippen molar-refractivity contribution in [2.75, 3.05) is 20.8 Å². The lowest BCUT2D eigenvalue weighted by Crippen LogP contribution is -2.64. The van der Waals surface area contributed by atoms with E-state index in [1.54, 1.807) is 21.1 Å². The van der Waals surface area contributed by atoms with Gasteiger partial charge >= 0.3 is 5.97 Å². The number of hydrogen-bond acceptors (Lipinski definition) is 12. The zero-order valence-electron chi connectivity index (χ0n) is 46.1. The van der Waals surface area contributed by atoms with E-state index in [2.05, 4.69) is 86.8 Å². The molecule has 15 heteroatoms. The van der Waals surface area contributed by atoms with Gasteiger partial charge in [-0.3, -0.25) is 14.4 Å². The van der Waals surface area contributed by atoms with Gasteiger partial charge < -0.3 is 42.9 Å². The summed E-state index contributed by atoms with van der Waals surface area (Å²) in [6, 6.07) is -1.12. The van der Waals surface area contributed by atoms with Gasteiger partial charge in [0.15, 0.2) is 16.6 Å². The van der Waals surface area contributed by atoms with Crippen LogP contribution in [-0.4, -0.2) is 131 Å². The second kappa shape index (κ2) is 23.9. The maximum absolute atomic E-state index is 14.9. The summed E-state index contributed by atoms with van der Waals surface area (Å²) in [5.41, 5.74) is 1.81. The van der Waals surface area contributed by atoms with Gasteiger partial charge in [0.05, 0.1) is 30.5 Å². The molecule has 4 rings (SSSR count). The monoisotopic (exact) mass is 1010 g/mol. The van der Waals surface area contributed by atoms with E-state index in [1.165, 1.54) is 4.90 Å². The molecule has 2 saturated heterocycles. The highest BCUT2D eigenvalue weighted by molar-refractivity contribution is 6.74. The third kappa shape index (κ3) is 14.4. The fraction of sp³-hybridized carbons (Fsp3) is 0.852. The number of nitrogens with zero attached hydrogens (tertiary/aromatic N) is 1. The second-order valence-corrected chi connectivity index (χ2v) is 34.2. The van der Waals surface area contributed by atoms with Crippen molar-refractivity contribution in [1.29, 1.82) is 0 Å². The molecule has 4 aliphatic rings. The number of amides is 1. The molecule has 1 aliphatic carbocycles. The molecule has 0 aromatic carbocycles. The maximum atomic E-state index is 14.9. The number of piperidine rings is 1. The van der Waals surface area contributed by atoms with Crippen LogP contribution in [0.25, 0.3) is 0 Å². The van der Waals surface area contributed by atoms with Gasteiger partial charge in [-0.15, -0.1) is 0 Å². The fourth-order valence-electron chi connectivity index (χ4n) is 10.5. The Morgan fingerprint density at radius 1 is 0.841 bits per heavy atom. The van der Waals surface area contributed by atoms with Crippen molar-refractivity contribution in [3.63, 3.8) is 0 Å². The normalized spacial score (nSPS) is 36.3. The summed E-state index contributed by atoms with van der Waals surface area (Å²) < 4.78 is 38.9. The van der Waals surface area contributed by atoms with E-state index in [4.69, 9.17) is 27.8 Å². The van der Waals surface area contributed by atoms with E-state index >= 15 is 0 Å². The first-order valence-corrected chi connectivity index (χ1v) is 32.1. The number of carbonyl (C=O) groups excluding carboxylic acids is 4. The number of ether oxygens (including phenoxy) is 4. The molecule has 3 fully saturated rings. The molecule has 0 aromatic rings. The summed E-state index contributed by atoms with van der Waals surface area (Å²) in [4.78, 5) is 60.1. The number of Topliss-reactive ketones (excluding diaryl/α,β-unsaturated/α-hetero) is 2. The van der Waals surface area contributed by atoms with Gasteiger partial charge in [-0.05, 0) is 132 Å². The molecule has 69 heavy (non-hydrogen) atoms. The number of aliphatic hydroxyl groups excluding tert-OH is 1. The van der Waals surface area contributed by atoms with E-state index in [0.717, 1.165) is 17.6 Å². The van der Waals surface area contributed by atoms with Crippen LogP contribution in [0.4, 0.5) is 0 Å². The summed E-state index contributed by atoms with van der Waals surface area (Å²) in [6.07, 6.45) is 5.09. The second-order valence-electron chi connectivity index (χ2n) is 24.6. The molecular weight excluding hydrogens is 911 g/mol. The third-order valence-corrected chi connectivity index (χ3v) is 26.1. The topological polar surface area (TPSA) is 167 Å². The minimum atomic E-state index is -2.55. The standard InChI is InChI=1S/C54H95NO12Si2/c1-19-39-27-33(2)26-34(3)28-45(62-13)48-46(63-14)30-36(5)54(61,65-48)49(58)50(59)55-25-21-20-22-40(55)51(60)64-47(37(6)44(32-41(39)56)67-69(17,18)53(10,11)12)35(4)29-38-23-24-43(42(57)31-38)66-68(15,16)52(7,8)9/h27,29,34,36-40,42-48,57,61H,19-26,28,30-32H2,1-18H3. The summed E-state index contributed by atoms with van der Waals surface area (Å²) in [5, 5.41) is 23.6. The van der Waals surface area contributed by atoms with Gasteiger partial charge in [0.2, 0.25) is 5.79 Å². The van der Waals surface area contributed by atoms with Crippen molar-refractivity contribution >= 4 is 40.1 Å². The lowest BCUT2D eigenvalue weighted by atomic mass is 9.81. The van der Waals surface area contributed by atoms with Crippen LogP contribution in [0, 0.1) is 29.6 Å². The lowest BCUT2D eigenvalue weighted by Gasteiger charge is -2.47. The molecule has 1 saturated carbocycles. The molecule has 0 aromatic heterocycles. The van der Waals surface area contributed by atoms with E-state index in [-0.39, 0.29) is 65.5 Å². The van der Waals surface area contributed by atoms with Crippen LogP contribution in [0.15, 0.2) is 23.3 Å². The molecule has 0 radical (unpaired) electrons. The predicted molar refractivity (Wildman–Crippen MR) is 275 cm³/mol. The minimum absolute atomic E-state index is 0.00598. The highest BCUT2D eigenvalue weighted by Gasteiger charge is 2.57. The minimum Gasteiger partial charge on any atom is -0.456 e. The van der Waals surface area contributed by atoms with Gasteiger partial charge in [-0.2, -0.15) is 0 Å². The highest BCUT2D eigenvalue weighted by Crippen LogP contribution is 2.43. The molecule has 0 spiro atoms. The molecule has 2 bridgehead atoms. The van der Waals surface area contributed by atoms with Crippen LogP contribution >= 0.6 is 0 Å². The van der Waals surface area contributed by atoms with Crippen molar-refractivity contribution in [3.05, 3.63) is 23.3 Å². The Balaban J connectivity index is 1.86. The first kappa shape index (κ1) is 59.5. The van der Waals surface area contributed by atoms with Crippen molar-refractivity contribution in [2.24, 2.45) is 29.6 Å². The zero-order valence-corrected chi connectivity index (χ0v) is 48.1. The number of methoxy groups -OCH3 is 2. The van der Waals surface area contributed by atoms with Gasteiger partial charge in [0, 0.05) is 44.9 Å². The van der Waals surface area contributed by atoms with Crippen LogP contribution in [0.5, 0.6) is 0 Å². The van der Waals surface area contributed by atoms with Crippen molar-refractivity contribution in [1.82, 2.24) is 4.90 Å². The first-order valence-electron chi connectivity index (χ1n) is 26.3. The Bertz CT molecular complexity index is 1840. The highest BCUT2D eigenvalue weighted by atomic mass is 28.4. The number of fused-ring (bicyclic) bond motifs is 3. The Morgan fingerprint density at radius 3 is 1.97 bits per heavy atom. The molecule has 13 nitrogen and oxygen atoms in total.